The Labute approximate surface area is 144 Å². The molecule has 0 aliphatic heterocycles. The number of methoxy groups -OCH3 is 1. The highest BCUT2D eigenvalue weighted by Crippen LogP contribution is 2.16. The molecular weight excluding hydrogens is 325 g/mol. The lowest BCUT2D eigenvalue weighted by Crippen LogP contribution is -2.22. The van der Waals surface area contributed by atoms with Gasteiger partial charge in [-0.1, -0.05) is 12.1 Å². The van der Waals surface area contributed by atoms with Crippen LogP contribution >= 0.6 is 0 Å². The number of carbonyl (C=O) groups is 2. The van der Waals surface area contributed by atoms with Crippen molar-refractivity contribution in [1.82, 2.24) is 5.43 Å². The van der Waals surface area contributed by atoms with Gasteiger partial charge in [0.15, 0.2) is 0 Å². The average molecular weight is 343 g/mol. The van der Waals surface area contributed by atoms with Crippen molar-refractivity contribution in [1.29, 1.82) is 0 Å². The second-order valence-corrected chi connectivity index (χ2v) is 5.22. The van der Waals surface area contributed by atoms with Crippen LogP contribution in [-0.2, 0) is 4.79 Å². The number of para-hydroxylation sites is 1. The molecule has 7 heteroatoms. The first-order chi connectivity index (χ1) is 12.0. The molecule has 0 bridgehead atoms. The molecular formula is C18H18FN3O3. The van der Waals surface area contributed by atoms with Gasteiger partial charge in [-0.2, -0.15) is 5.10 Å². The molecule has 2 aromatic rings. The molecule has 0 aliphatic carbocycles. The molecule has 0 unspecified atom stereocenters. The maximum absolute atomic E-state index is 12.8. The minimum absolute atomic E-state index is 0.0103. The largest absolute Gasteiger partial charge is 0.496 e. The summed E-state index contributed by atoms with van der Waals surface area (Å²) in [6, 6.07) is 12.2. The first kappa shape index (κ1) is 18.1. The van der Waals surface area contributed by atoms with E-state index in [1.807, 2.05) is 0 Å². The molecule has 0 fully saturated rings. The van der Waals surface area contributed by atoms with Crippen LogP contribution in [0.15, 0.2) is 53.6 Å². The van der Waals surface area contributed by atoms with E-state index in [0.29, 0.717) is 22.7 Å². The maximum Gasteiger partial charge on any atom is 0.275 e. The van der Waals surface area contributed by atoms with E-state index in [1.165, 1.54) is 31.4 Å². The molecule has 25 heavy (non-hydrogen) atoms. The van der Waals surface area contributed by atoms with Crippen molar-refractivity contribution in [2.45, 2.75) is 13.3 Å². The summed E-state index contributed by atoms with van der Waals surface area (Å²) in [5, 5.41) is 6.53. The molecule has 0 spiro atoms. The van der Waals surface area contributed by atoms with Crippen molar-refractivity contribution < 1.29 is 18.7 Å². The Balaban J connectivity index is 1.91. The zero-order valence-corrected chi connectivity index (χ0v) is 13.9. The third-order valence-electron chi connectivity index (χ3n) is 3.24. The summed E-state index contributed by atoms with van der Waals surface area (Å²) in [6.07, 6.45) is -0.0103. The van der Waals surface area contributed by atoms with Crippen molar-refractivity contribution in [3.63, 3.8) is 0 Å². The summed E-state index contributed by atoms with van der Waals surface area (Å²) in [7, 11) is 1.47. The molecule has 2 N–H and O–H groups in total. The Kier molecular flexibility index (Phi) is 6.22. The van der Waals surface area contributed by atoms with Gasteiger partial charge in [0.25, 0.3) is 5.91 Å². The van der Waals surface area contributed by atoms with Gasteiger partial charge in [0.1, 0.15) is 11.6 Å². The lowest BCUT2D eigenvalue weighted by molar-refractivity contribution is -0.115. The Bertz CT molecular complexity index is 788. The number of halogens is 1. The van der Waals surface area contributed by atoms with Crippen LogP contribution in [0, 0.1) is 5.82 Å². The highest BCUT2D eigenvalue weighted by molar-refractivity contribution is 6.06. The number of hydrogen-bond donors (Lipinski definition) is 2. The number of nitrogens with zero attached hydrogens (tertiary/aromatic N) is 1. The fraction of sp³-hybridized carbons (Fsp3) is 0.167. The first-order valence-electron chi connectivity index (χ1n) is 7.51. The van der Waals surface area contributed by atoms with E-state index in [-0.39, 0.29) is 18.1 Å². The monoisotopic (exact) mass is 343 g/mol. The van der Waals surface area contributed by atoms with Gasteiger partial charge in [0.05, 0.1) is 19.1 Å². The number of ether oxygens (including phenoxy) is 1. The molecule has 0 saturated carbocycles. The number of rotatable bonds is 6. The van der Waals surface area contributed by atoms with Gasteiger partial charge in [0, 0.05) is 11.4 Å². The number of hydrogen-bond acceptors (Lipinski definition) is 4. The Morgan fingerprint density at radius 2 is 1.80 bits per heavy atom. The highest BCUT2D eigenvalue weighted by Gasteiger charge is 2.11. The topological polar surface area (TPSA) is 79.8 Å². The molecule has 0 atom stereocenters. The summed E-state index contributed by atoms with van der Waals surface area (Å²) in [4.78, 5) is 24.0. The van der Waals surface area contributed by atoms with Gasteiger partial charge in [-0.25, -0.2) is 9.82 Å². The fourth-order valence-electron chi connectivity index (χ4n) is 2.05. The second kappa shape index (κ2) is 8.58. The van der Waals surface area contributed by atoms with Crippen LogP contribution < -0.4 is 15.5 Å². The summed E-state index contributed by atoms with van der Waals surface area (Å²) in [6.45, 7) is 1.62. The van der Waals surface area contributed by atoms with Crippen LogP contribution in [0.5, 0.6) is 5.75 Å². The van der Waals surface area contributed by atoms with Crippen molar-refractivity contribution in [2.75, 3.05) is 12.4 Å². The van der Waals surface area contributed by atoms with Gasteiger partial charge in [-0.3, -0.25) is 9.59 Å². The Hall–Kier alpha value is -3.22. The Morgan fingerprint density at radius 1 is 1.12 bits per heavy atom. The smallest absolute Gasteiger partial charge is 0.275 e. The quantitative estimate of drug-likeness (QED) is 0.625. The minimum atomic E-state index is -0.434. The van der Waals surface area contributed by atoms with Crippen molar-refractivity contribution in [2.24, 2.45) is 5.10 Å². The highest BCUT2D eigenvalue weighted by atomic mass is 19.1. The van der Waals surface area contributed by atoms with Crippen LogP contribution in [0.1, 0.15) is 23.7 Å². The molecule has 0 saturated heterocycles. The standard InChI is InChI=1S/C18H18FN3O3/c1-12(11-17(23)20-14-9-7-13(19)8-10-14)21-22-18(24)15-5-3-4-6-16(15)25-2/h3-10H,11H2,1-2H3,(H,20,23)(H,22,24)/b21-12+. The van der Waals surface area contributed by atoms with E-state index in [0.717, 1.165) is 0 Å². The number of nitrogens with one attached hydrogen (secondary N) is 2. The predicted octanol–water partition coefficient (Wildman–Crippen LogP) is 2.97. The van der Waals surface area contributed by atoms with E-state index >= 15 is 0 Å². The molecule has 2 rings (SSSR count). The fourth-order valence-corrected chi connectivity index (χ4v) is 2.05. The summed E-state index contributed by atoms with van der Waals surface area (Å²) in [5.41, 5.74) is 3.64. The van der Waals surface area contributed by atoms with E-state index in [4.69, 9.17) is 4.74 Å². The SMILES string of the molecule is COc1ccccc1C(=O)N/N=C(\C)CC(=O)Nc1ccc(F)cc1. The van der Waals surface area contributed by atoms with E-state index in [9.17, 15) is 14.0 Å². The summed E-state index contributed by atoms with van der Waals surface area (Å²) < 4.78 is 17.9. The molecule has 2 amide bonds. The molecule has 130 valence electrons. The third kappa shape index (κ3) is 5.42. The zero-order chi connectivity index (χ0) is 18.2. The minimum Gasteiger partial charge on any atom is -0.496 e. The lowest BCUT2D eigenvalue weighted by Gasteiger charge is -2.07. The number of carbonyl (C=O) groups excluding carboxylic acids is 2. The summed E-state index contributed by atoms with van der Waals surface area (Å²) >= 11 is 0. The zero-order valence-electron chi connectivity index (χ0n) is 13.9. The van der Waals surface area contributed by atoms with Crippen LogP contribution in [0.3, 0.4) is 0 Å². The van der Waals surface area contributed by atoms with Gasteiger partial charge >= 0.3 is 0 Å². The van der Waals surface area contributed by atoms with Crippen LogP contribution in [-0.4, -0.2) is 24.6 Å². The van der Waals surface area contributed by atoms with Crippen LogP contribution in [0.2, 0.25) is 0 Å². The van der Waals surface area contributed by atoms with Crippen LogP contribution in [0.25, 0.3) is 0 Å². The van der Waals surface area contributed by atoms with E-state index in [1.54, 1.807) is 31.2 Å². The normalized spacial score (nSPS) is 10.9. The van der Waals surface area contributed by atoms with Crippen molar-refractivity contribution in [3.05, 3.63) is 59.9 Å². The van der Waals surface area contributed by atoms with Gasteiger partial charge < -0.3 is 10.1 Å². The number of anilines is 1. The maximum atomic E-state index is 12.8. The van der Waals surface area contributed by atoms with Crippen LogP contribution in [0.4, 0.5) is 10.1 Å². The second-order valence-electron chi connectivity index (χ2n) is 5.22. The molecule has 0 heterocycles. The number of amides is 2. The van der Waals surface area contributed by atoms with Crippen molar-refractivity contribution >= 4 is 23.2 Å². The Morgan fingerprint density at radius 3 is 2.48 bits per heavy atom. The molecule has 2 aromatic carbocycles. The first-order valence-corrected chi connectivity index (χ1v) is 7.51. The molecule has 0 radical (unpaired) electrons. The van der Waals surface area contributed by atoms with Gasteiger partial charge in [-0.15, -0.1) is 0 Å². The molecule has 0 aromatic heterocycles. The van der Waals surface area contributed by atoms with Gasteiger partial charge in [-0.05, 0) is 43.3 Å². The number of benzene rings is 2. The third-order valence-corrected chi connectivity index (χ3v) is 3.24. The lowest BCUT2D eigenvalue weighted by atomic mass is 10.2. The van der Waals surface area contributed by atoms with Gasteiger partial charge in [0.2, 0.25) is 5.91 Å². The molecule has 0 aliphatic rings. The van der Waals surface area contributed by atoms with Crippen molar-refractivity contribution in [3.8, 4) is 5.75 Å². The molecule has 6 nitrogen and oxygen atoms in total. The predicted molar refractivity (Wildman–Crippen MR) is 93.2 cm³/mol. The number of hydrazone groups is 1. The van der Waals surface area contributed by atoms with E-state index < -0.39 is 5.91 Å². The average Bonchev–Trinajstić information content (AvgIpc) is 2.61. The summed E-state index contributed by atoms with van der Waals surface area (Å²) in [5.74, 6) is -0.702. The van der Waals surface area contributed by atoms with E-state index in [2.05, 4.69) is 15.8 Å².